The molecule has 1 aliphatic rings. The summed E-state index contributed by atoms with van der Waals surface area (Å²) in [7, 11) is -3.79. The lowest BCUT2D eigenvalue weighted by molar-refractivity contribution is 0.0891. The van der Waals surface area contributed by atoms with Crippen LogP contribution in [0.1, 0.15) is 58.9 Å². The Labute approximate surface area is 187 Å². The number of aromatic nitrogens is 2. The van der Waals surface area contributed by atoms with E-state index in [0.717, 1.165) is 18.4 Å². The molecule has 0 spiro atoms. The molecule has 0 bridgehead atoms. The monoisotopic (exact) mass is 454 g/mol. The van der Waals surface area contributed by atoms with Crippen molar-refractivity contribution in [3.63, 3.8) is 0 Å². The van der Waals surface area contributed by atoms with Crippen molar-refractivity contribution in [2.24, 2.45) is 0 Å². The van der Waals surface area contributed by atoms with E-state index in [1.165, 1.54) is 12.1 Å². The molecule has 1 aromatic heterocycles. The molecule has 1 aliphatic carbocycles. The first-order valence-electron chi connectivity index (χ1n) is 10.6. The van der Waals surface area contributed by atoms with Crippen LogP contribution in [0.25, 0.3) is 0 Å². The highest BCUT2D eigenvalue weighted by atomic mass is 32.2. The Bertz CT molecular complexity index is 1220. The van der Waals surface area contributed by atoms with Crippen LogP contribution >= 0.6 is 0 Å². The van der Waals surface area contributed by atoms with E-state index in [4.69, 9.17) is 4.52 Å². The minimum absolute atomic E-state index is 0.0417. The van der Waals surface area contributed by atoms with Gasteiger partial charge in [0.1, 0.15) is 5.54 Å². The first-order valence-corrected chi connectivity index (χ1v) is 12.0. The molecule has 4 rings (SSSR count). The van der Waals surface area contributed by atoms with Crippen molar-refractivity contribution >= 4 is 15.9 Å². The Balaban J connectivity index is 1.57. The van der Waals surface area contributed by atoms with Gasteiger partial charge < -0.3 is 9.84 Å². The van der Waals surface area contributed by atoms with E-state index in [-0.39, 0.29) is 17.3 Å². The summed E-state index contributed by atoms with van der Waals surface area (Å²) in [6.07, 6.45) is 3.27. The topological polar surface area (TPSA) is 114 Å². The van der Waals surface area contributed by atoms with Crippen LogP contribution < -0.4 is 10.0 Å². The van der Waals surface area contributed by atoms with E-state index in [0.29, 0.717) is 35.7 Å². The van der Waals surface area contributed by atoms with Gasteiger partial charge in [0.2, 0.25) is 15.9 Å². The molecule has 0 unspecified atom stereocenters. The molecule has 0 radical (unpaired) electrons. The van der Waals surface area contributed by atoms with Crippen molar-refractivity contribution in [3.05, 3.63) is 76.9 Å². The predicted octanol–water partition coefficient (Wildman–Crippen LogP) is 3.36. The smallest absolute Gasteiger partial charge is 0.252 e. The van der Waals surface area contributed by atoms with Crippen LogP contribution in [-0.2, 0) is 22.1 Å². The van der Waals surface area contributed by atoms with Gasteiger partial charge in [-0.15, -0.1) is 0 Å². The summed E-state index contributed by atoms with van der Waals surface area (Å²) in [5.74, 6) is 0.549. The lowest BCUT2D eigenvalue weighted by Crippen LogP contribution is -2.45. The van der Waals surface area contributed by atoms with E-state index in [2.05, 4.69) is 20.2 Å². The summed E-state index contributed by atoms with van der Waals surface area (Å²) < 4.78 is 33.4. The fraction of sp³-hybridized carbons (Fsp3) is 0.348. The minimum atomic E-state index is -3.79. The quantitative estimate of drug-likeness (QED) is 0.566. The molecule has 8 nitrogen and oxygen atoms in total. The van der Waals surface area contributed by atoms with Crippen LogP contribution in [0.15, 0.2) is 57.9 Å². The van der Waals surface area contributed by atoms with Gasteiger partial charge in [0.15, 0.2) is 5.82 Å². The van der Waals surface area contributed by atoms with E-state index < -0.39 is 15.6 Å². The van der Waals surface area contributed by atoms with Gasteiger partial charge >= 0.3 is 0 Å². The highest BCUT2D eigenvalue weighted by Crippen LogP contribution is 2.37. The number of hydrogen-bond acceptors (Lipinski definition) is 6. The lowest BCUT2D eigenvalue weighted by Gasteiger charge is -2.27. The number of hydrogen-bond donors (Lipinski definition) is 2. The Morgan fingerprint density at radius 1 is 1.09 bits per heavy atom. The average Bonchev–Trinajstić information content (AvgIpc) is 3.43. The summed E-state index contributed by atoms with van der Waals surface area (Å²) >= 11 is 0. The molecule has 9 heteroatoms. The summed E-state index contributed by atoms with van der Waals surface area (Å²) in [6, 6.07) is 13.8. The summed E-state index contributed by atoms with van der Waals surface area (Å²) in [6.45, 7) is 3.66. The zero-order valence-electron chi connectivity index (χ0n) is 18.1. The maximum Gasteiger partial charge on any atom is 0.252 e. The van der Waals surface area contributed by atoms with Crippen molar-refractivity contribution in [2.45, 2.75) is 56.5 Å². The van der Waals surface area contributed by atoms with E-state index in [1.807, 2.05) is 30.3 Å². The van der Waals surface area contributed by atoms with Crippen LogP contribution in [0.5, 0.6) is 0 Å². The van der Waals surface area contributed by atoms with Crippen molar-refractivity contribution in [3.8, 4) is 0 Å². The zero-order chi connectivity index (χ0) is 22.8. The van der Waals surface area contributed by atoms with Crippen molar-refractivity contribution in [1.82, 2.24) is 20.2 Å². The van der Waals surface area contributed by atoms with Crippen molar-refractivity contribution in [2.75, 3.05) is 0 Å². The second kappa shape index (κ2) is 8.84. The third-order valence-electron chi connectivity index (χ3n) is 5.84. The molecular formula is C23H26N4O4S. The van der Waals surface area contributed by atoms with Crippen LogP contribution in [-0.4, -0.2) is 24.5 Å². The van der Waals surface area contributed by atoms with Gasteiger partial charge in [-0.25, -0.2) is 13.1 Å². The molecule has 1 heterocycles. The number of nitrogens with one attached hydrogen (secondary N) is 2. The fourth-order valence-electron chi connectivity index (χ4n) is 4.03. The standard InChI is InChI=1S/C23H26N4O4S/c1-16-10-11-19(32(29,30)24-15-18-8-4-3-5-9-18)14-20(16)21(28)26-23(12-6-7-13-23)22-25-17(2)31-27-22/h3-5,8-11,14,24H,6-7,12-13,15H2,1-2H3,(H,26,28). The van der Waals surface area contributed by atoms with Gasteiger partial charge in [-0.3, -0.25) is 4.79 Å². The first-order chi connectivity index (χ1) is 15.3. The van der Waals surface area contributed by atoms with Crippen molar-refractivity contribution < 1.29 is 17.7 Å². The third kappa shape index (κ3) is 4.58. The van der Waals surface area contributed by atoms with Gasteiger partial charge in [-0.2, -0.15) is 4.98 Å². The number of aryl methyl sites for hydroxylation is 2. The lowest BCUT2D eigenvalue weighted by atomic mass is 9.95. The number of amides is 1. The van der Waals surface area contributed by atoms with Crippen LogP contribution in [0.2, 0.25) is 0 Å². The predicted molar refractivity (Wildman–Crippen MR) is 118 cm³/mol. The maximum absolute atomic E-state index is 13.3. The molecule has 0 saturated heterocycles. The number of rotatable bonds is 7. The molecule has 3 aromatic rings. The highest BCUT2D eigenvalue weighted by molar-refractivity contribution is 7.89. The second-order valence-corrected chi connectivity index (χ2v) is 9.93. The van der Waals surface area contributed by atoms with Gasteiger partial charge in [-0.1, -0.05) is 54.4 Å². The van der Waals surface area contributed by atoms with Gasteiger partial charge in [-0.05, 0) is 43.0 Å². The van der Waals surface area contributed by atoms with Gasteiger partial charge in [0, 0.05) is 19.0 Å². The Hall–Kier alpha value is -3.04. The Kier molecular flexibility index (Phi) is 6.12. The SMILES string of the molecule is Cc1nc(C2(NC(=O)c3cc(S(=O)(=O)NCc4ccccc4)ccc3C)CCCC2)no1. The van der Waals surface area contributed by atoms with Crippen molar-refractivity contribution in [1.29, 1.82) is 0 Å². The minimum Gasteiger partial charge on any atom is -0.340 e. The fourth-order valence-corrected chi connectivity index (χ4v) is 5.08. The van der Waals surface area contributed by atoms with Gasteiger partial charge in [0.25, 0.3) is 5.91 Å². The molecule has 2 aromatic carbocycles. The Morgan fingerprint density at radius 3 is 2.47 bits per heavy atom. The van der Waals surface area contributed by atoms with E-state index in [9.17, 15) is 13.2 Å². The van der Waals surface area contributed by atoms with Crippen LogP contribution in [0, 0.1) is 13.8 Å². The maximum atomic E-state index is 13.3. The first kappa shape index (κ1) is 22.2. The van der Waals surface area contributed by atoms with E-state index >= 15 is 0 Å². The number of nitrogens with zero attached hydrogens (tertiary/aromatic N) is 2. The molecule has 2 N–H and O–H groups in total. The van der Waals surface area contributed by atoms with Gasteiger partial charge in [0.05, 0.1) is 4.90 Å². The summed E-state index contributed by atoms with van der Waals surface area (Å²) in [5.41, 5.74) is 1.13. The number of sulfonamides is 1. The highest BCUT2D eigenvalue weighted by Gasteiger charge is 2.41. The summed E-state index contributed by atoms with van der Waals surface area (Å²) in [4.78, 5) is 17.6. The molecule has 1 amide bonds. The van der Waals surface area contributed by atoms with E-state index in [1.54, 1.807) is 19.9 Å². The normalized spacial score (nSPS) is 15.6. The number of carbonyl (C=O) groups excluding carboxylic acids is 1. The summed E-state index contributed by atoms with van der Waals surface area (Å²) in [5, 5.41) is 7.12. The second-order valence-electron chi connectivity index (χ2n) is 8.17. The molecule has 0 aliphatic heterocycles. The molecule has 32 heavy (non-hydrogen) atoms. The van der Waals surface area contributed by atoms with Crippen LogP contribution in [0.4, 0.5) is 0 Å². The largest absolute Gasteiger partial charge is 0.340 e. The zero-order valence-corrected chi connectivity index (χ0v) is 18.9. The number of carbonyl (C=O) groups is 1. The van der Waals surface area contributed by atoms with Crippen LogP contribution in [0.3, 0.4) is 0 Å². The number of benzene rings is 2. The molecule has 0 atom stereocenters. The third-order valence-corrected chi connectivity index (χ3v) is 7.24. The molecule has 168 valence electrons. The average molecular weight is 455 g/mol. The molecule has 1 saturated carbocycles. The molecular weight excluding hydrogens is 428 g/mol. The molecule has 1 fully saturated rings. The Morgan fingerprint density at radius 2 is 1.81 bits per heavy atom.